The first-order valence-electron chi connectivity index (χ1n) is 4.43. The highest BCUT2D eigenvalue weighted by Crippen LogP contribution is 2.02. The third kappa shape index (κ3) is 3.16. The van der Waals surface area contributed by atoms with Gasteiger partial charge in [0.05, 0.1) is 18.3 Å². The SMILES string of the molecule is Cc1cc(CNC(C)C(C)O)on1. The van der Waals surface area contributed by atoms with Crippen LogP contribution >= 0.6 is 0 Å². The lowest BCUT2D eigenvalue weighted by Crippen LogP contribution is -2.34. The number of aliphatic hydroxyl groups is 1. The fourth-order valence-corrected chi connectivity index (χ4v) is 0.932. The summed E-state index contributed by atoms with van der Waals surface area (Å²) in [7, 11) is 0. The third-order valence-electron chi connectivity index (χ3n) is 2.00. The summed E-state index contributed by atoms with van der Waals surface area (Å²) in [6, 6.07) is 1.94. The quantitative estimate of drug-likeness (QED) is 0.728. The van der Waals surface area contributed by atoms with E-state index in [4.69, 9.17) is 4.52 Å². The second kappa shape index (κ2) is 4.39. The van der Waals surface area contributed by atoms with Crippen molar-refractivity contribution >= 4 is 0 Å². The molecule has 0 aromatic carbocycles. The molecule has 0 aliphatic carbocycles. The van der Waals surface area contributed by atoms with Crippen LogP contribution in [0.1, 0.15) is 25.3 Å². The summed E-state index contributed by atoms with van der Waals surface area (Å²) in [6.07, 6.45) is -0.357. The van der Waals surface area contributed by atoms with Gasteiger partial charge in [-0.15, -0.1) is 0 Å². The van der Waals surface area contributed by atoms with E-state index in [1.807, 2.05) is 19.9 Å². The smallest absolute Gasteiger partial charge is 0.150 e. The molecule has 1 rings (SSSR count). The largest absolute Gasteiger partial charge is 0.392 e. The van der Waals surface area contributed by atoms with E-state index in [1.54, 1.807) is 6.92 Å². The van der Waals surface area contributed by atoms with Gasteiger partial charge in [-0.25, -0.2) is 0 Å². The van der Waals surface area contributed by atoms with Crippen LogP contribution in [-0.4, -0.2) is 22.4 Å². The topological polar surface area (TPSA) is 58.3 Å². The van der Waals surface area contributed by atoms with Gasteiger partial charge >= 0.3 is 0 Å². The van der Waals surface area contributed by atoms with Crippen LogP contribution in [0.4, 0.5) is 0 Å². The molecule has 0 radical (unpaired) electrons. The minimum atomic E-state index is -0.357. The summed E-state index contributed by atoms with van der Waals surface area (Å²) >= 11 is 0. The number of aliphatic hydroxyl groups excluding tert-OH is 1. The van der Waals surface area contributed by atoms with Crippen molar-refractivity contribution in [2.24, 2.45) is 0 Å². The molecule has 2 atom stereocenters. The van der Waals surface area contributed by atoms with Crippen LogP contribution in [0.15, 0.2) is 10.6 Å². The van der Waals surface area contributed by atoms with Gasteiger partial charge in [0.2, 0.25) is 0 Å². The van der Waals surface area contributed by atoms with Gasteiger partial charge < -0.3 is 14.9 Å². The molecule has 0 amide bonds. The van der Waals surface area contributed by atoms with E-state index in [1.165, 1.54) is 0 Å². The minimum absolute atomic E-state index is 0.0606. The van der Waals surface area contributed by atoms with Crippen LogP contribution in [0.3, 0.4) is 0 Å². The van der Waals surface area contributed by atoms with Gasteiger partial charge in [0.25, 0.3) is 0 Å². The molecule has 74 valence electrons. The zero-order valence-corrected chi connectivity index (χ0v) is 8.24. The van der Waals surface area contributed by atoms with E-state index >= 15 is 0 Å². The first kappa shape index (κ1) is 10.2. The summed E-state index contributed by atoms with van der Waals surface area (Å²) in [5, 5.41) is 16.1. The van der Waals surface area contributed by atoms with Gasteiger partial charge in [0, 0.05) is 12.1 Å². The maximum absolute atomic E-state index is 9.20. The molecule has 0 aliphatic heterocycles. The summed E-state index contributed by atoms with van der Waals surface area (Å²) in [4.78, 5) is 0. The minimum Gasteiger partial charge on any atom is -0.392 e. The molecule has 0 spiro atoms. The van der Waals surface area contributed by atoms with Crippen molar-refractivity contribution in [3.05, 3.63) is 17.5 Å². The van der Waals surface area contributed by atoms with Gasteiger partial charge in [-0.1, -0.05) is 5.16 Å². The Labute approximate surface area is 77.9 Å². The monoisotopic (exact) mass is 184 g/mol. The molecular formula is C9H16N2O2. The van der Waals surface area contributed by atoms with Crippen LogP contribution < -0.4 is 5.32 Å². The second-order valence-corrected chi connectivity index (χ2v) is 3.34. The summed E-state index contributed by atoms with van der Waals surface area (Å²) in [6.45, 7) is 6.16. The second-order valence-electron chi connectivity index (χ2n) is 3.34. The fraction of sp³-hybridized carbons (Fsp3) is 0.667. The van der Waals surface area contributed by atoms with Crippen molar-refractivity contribution in [3.8, 4) is 0 Å². The molecule has 4 heteroatoms. The van der Waals surface area contributed by atoms with E-state index in [-0.39, 0.29) is 12.1 Å². The average Bonchev–Trinajstić information content (AvgIpc) is 2.47. The Morgan fingerprint density at radius 2 is 2.31 bits per heavy atom. The predicted molar refractivity (Wildman–Crippen MR) is 49.2 cm³/mol. The lowest BCUT2D eigenvalue weighted by atomic mass is 10.2. The lowest BCUT2D eigenvalue weighted by molar-refractivity contribution is 0.150. The first-order chi connectivity index (χ1) is 6.09. The predicted octanol–water partition coefficient (Wildman–Crippen LogP) is 0.842. The summed E-state index contributed by atoms with van der Waals surface area (Å²) < 4.78 is 5.00. The maximum atomic E-state index is 9.20. The van der Waals surface area contributed by atoms with Gasteiger partial charge in [0.15, 0.2) is 5.76 Å². The zero-order valence-electron chi connectivity index (χ0n) is 8.24. The van der Waals surface area contributed by atoms with Crippen LogP contribution in [0, 0.1) is 6.92 Å². The first-order valence-corrected chi connectivity index (χ1v) is 4.43. The molecule has 1 aromatic heterocycles. The van der Waals surface area contributed by atoms with Crippen LogP contribution in [0.5, 0.6) is 0 Å². The van der Waals surface area contributed by atoms with E-state index < -0.39 is 0 Å². The average molecular weight is 184 g/mol. The zero-order chi connectivity index (χ0) is 9.84. The van der Waals surface area contributed by atoms with Gasteiger partial charge in [-0.3, -0.25) is 0 Å². The Hall–Kier alpha value is -0.870. The number of rotatable bonds is 4. The molecule has 2 unspecified atom stereocenters. The Morgan fingerprint density at radius 3 is 2.77 bits per heavy atom. The molecule has 1 aromatic rings. The Kier molecular flexibility index (Phi) is 3.45. The van der Waals surface area contributed by atoms with Crippen molar-refractivity contribution in [1.29, 1.82) is 0 Å². The molecular weight excluding hydrogens is 168 g/mol. The van der Waals surface area contributed by atoms with E-state index in [9.17, 15) is 5.11 Å². The Morgan fingerprint density at radius 1 is 1.62 bits per heavy atom. The fourth-order valence-electron chi connectivity index (χ4n) is 0.932. The van der Waals surface area contributed by atoms with Crippen molar-refractivity contribution in [2.75, 3.05) is 0 Å². The molecule has 0 saturated carbocycles. The number of hydrogen-bond acceptors (Lipinski definition) is 4. The molecule has 0 bridgehead atoms. The Bertz CT molecular complexity index is 258. The van der Waals surface area contributed by atoms with Gasteiger partial charge in [-0.2, -0.15) is 0 Å². The molecule has 0 fully saturated rings. The highest BCUT2D eigenvalue weighted by molar-refractivity contribution is 5.02. The number of nitrogens with one attached hydrogen (secondary N) is 1. The summed E-state index contributed by atoms with van der Waals surface area (Å²) in [5.41, 5.74) is 0.876. The molecule has 1 heterocycles. The molecule has 13 heavy (non-hydrogen) atoms. The molecule has 0 aliphatic rings. The number of hydrogen-bond donors (Lipinski definition) is 2. The highest BCUT2D eigenvalue weighted by Gasteiger charge is 2.08. The van der Waals surface area contributed by atoms with E-state index in [0.717, 1.165) is 11.5 Å². The Balaban J connectivity index is 2.35. The molecule has 0 saturated heterocycles. The maximum Gasteiger partial charge on any atom is 0.150 e. The lowest BCUT2D eigenvalue weighted by Gasteiger charge is -2.14. The van der Waals surface area contributed by atoms with Gasteiger partial charge in [0.1, 0.15) is 0 Å². The van der Waals surface area contributed by atoms with Crippen LogP contribution in [0.2, 0.25) is 0 Å². The van der Waals surface area contributed by atoms with Crippen molar-refractivity contribution < 1.29 is 9.63 Å². The van der Waals surface area contributed by atoms with E-state index in [2.05, 4.69) is 10.5 Å². The summed E-state index contributed by atoms with van der Waals surface area (Å²) in [5.74, 6) is 0.796. The molecule has 2 N–H and O–H groups in total. The highest BCUT2D eigenvalue weighted by atomic mass is 16.5. The van der Waals surface area contributed by atoms with Crippen molar-refractivity contribution in [2.45, 2.75) is 39.5 Å². The van der Waals surface area contributed by atoms with Crippen LogP contribution in [0.25, 0.3) is 0 Å². The number of nitrogens with zero attached hydrogens (tertiary/aromatic N) is 1. The third-order valence-corrected chi connectivity index (χ3v) is 2.00. The van der Waals surface area contributed by atoms with Crippen molar-refractivity contribution in [1.82, 2.24) is 10.5 Å². The normalized spacial score (nSPS) is 15.7. The van der Waals surface area contributed by atoms with Crippen LogP contribution in [-0.2, 0) is 6.54 Å². The number of aromatic nitrogens is 1. The number of aryl methyl sites for hydroxylation is 1. The molecule has 4 nitrogen and oxygen atoms in total. The van der Waals surface area contributed by atoms with Crippen molar-refractivity contribution in [3.63, 3.8) is 0 Å². The standard InChI is InChI=1S/C9H16N2O2/c1-6-4-9(13-11-6)5-10-7(2)8(3)12/h4,7-8,10,12H,5H2,1-3H3. The van der Waals surface area contributed by atoms with Gasteiger partial charge in [-0.05, 0) is 20.8 Å². The van der Waals surface area contributed by atoms with E-state index in [0.29, 0.717) is 6.54 Å².